The zero-order valence-electron chi connectivity index (χ0n) is 29.9. The van der Waals surface area contributed by atoms with E-state index in [1.54, 1.807) is 0 Å². The van der Waals surface area contributed by atoms with Gasteiger partial charge in [0, 0.05) is 33.0 Å². The molecule has 0 spiro atoms. The van der Waals surface area contributed by atoms with Crippen LogP contribution >= 0.6 is 0 Å². The van der Waals surface area contributed by atoms with Gasteiger partial charge in [0.25, 0.3) is 0 Å². The molecule has 0 radical (unpaired) electrons. The van der Waals surface area contributed by atoms with Gasteiger partial charge in [-0.3, -0.25) is 0 Å². The van der Waals surface area contributed by atoms with Crippen LogP contribution in [-0.4, -0.2) is 19.5 Å². The lowest BCUT2D eigenvalue weighted by molar-refractivity contribution is 1.07. The molecule has 2 aromatic heterocycles. The van der Waals surface area contributed by atoms with Crippen LogP contribution in [0.2, 0.25) is 0 Å². The number of benzene rings is 8. The van der Waals surface area contributed by atoms with E-state index in [9.17, 15) is 0 Å². The molecule has 0 aliphatic heterocycles. The van der Waals surface area contributed by atoms with Gasteiger partial charge in [-0.15, -0.1) is 0 Å². The summed E-state index contributed by atoms with van der Waals surface area (Å²) in [6.45, 7) is 0. The number of fused-ring (bicyclic) bond motifs is 3. The predicted molar refractivity (Wildman–Crippen MR) is 227 cm³/mol. The first-order valence-electron chi connectivity index (χ1n) is 18.5. The summed E-state index contributed by atoms with van der Waals surface area (Å²) in [4.78, 5) is 15.6. The Labute approximate surface area is 319 Å². The highest BCUT2D eigenvalue weighted by Crippen LogP contribution is 2.39. The van der Waals surface area contributed by atoms with E-state index in [-0.39, 0.29) is 0 Å². The summed E-state index contributed by atoms with van der Waals surface area (Å²) in [6, 6.07) is 72.2. The summed E-state index contributed by atoms with van der Waals surface area (Å²) in [6.07, 6.45) is 0. The van der Waals surface area contributed by atoms with Gasteiger partial charge in [0.15, 0.2) is 17.5 Å². The van der Waals surface area contributed by atoms with Gasteiger partial charge in [-0.1, -0.05) is 170 Å². The van der Waals surface area contributed by atoms with Gasteiger partial charge in [-0.25, -0.2) is 15.0 Å². The van der Waals surface area contributed by atoms with Gasteiger partial charge in [0.1, 0.15) is 0 Å². The second kappa shape index (κ2) is 13.8. The fourth-order valence-corrected chi connectivity index (χ4v) is 7.60. The minimum Gasteiger partial charge on any atom is -0.309 e. The minimum atomic E-state index is 0.608. The number of aromatic nitrogens is 4. The smallest absolute Gasteiger partial charge is 0.164 e. The van der Waals surface area contributed by atoms with Crippen LogP contribution in [0.15, 0.2) is 206 Å². The monoisotopic (exact) mass is 702 g/mol. The second-order valence-electron chi connectivity index (χ2n) is 13.7. The molecule has 0 aliphatic carbocycles. The number of para-hydroxylation sites is 2. The molecule has 258 valence electrons. The zero-order valence-corrected chi connectivity index (χ0v) is 29.9. The van der Waals surface area contributed by atoms with E-state index in [0.717, 1.165) is 66.8 Å². The molecule has 0 saturated heterocycles. The number of hydrogen-bond donors (Lipinski definition) is 0. The van der Waals surface area contributed by atoms with Crippen molar-refractivity contribution in [3.8, 4) is 73.2 Å². The summed E-state index contributed by atoms with van der Waals surface area (Å²) in [5.74, 6) is 1.85. The molecule has 0 amide bonds. The van der Waals surface area contributed by atoms with Gasteiger partial charge >= 0.3 is 0 Å². The van der Waals surface area contributed by atoms with E-state index in [4.69, 9.17) is 15.0 Å². The Kier molecular flexibility index (Phi) is 8.12. The zero-order chi connectivity index (χ0) is 36.6. The standard InChI is InChI=1S/C51H34N4/c1-5-17-35(18-6-1)40-31-41(36-19-7-2-8-20-36)33-42(32-40)51-53-49(38-23-11-4-12-24-38)52-50(54-51)39-29-30-43(37-21-9-3-10-22-37)48(34-39)55-46-27-15-13-25-44(46)45-26-14-16-28-47(45)55/h1-34H. The largest absolute Gasteiger partial charge is 0.309 e. The van der Waals surface area contributed by atoms with Crippen LogP contribution < -0.4 is 0 Å². The molecule has 0 fully saturated rings. The molecule has 0 saturated carbocycles. The van der Waals surface area contributed by atoms with E-state index in [1.165, 1.54) is 10.8 Å². The van der Waals surface area contributed by atoms with Crippen LogP contribution in [0.5, 0.6) is 0 Å². The number of rotatable bonds is 7. The average molecular weight is 703 g/mol. The molecule has 4 nitrogen and oxygen atoms in total. The maximum absolute atomic E-state index is 5.29. The minimum absolute atomic E-state index is 0.608. The first-order valence-corrected chi connectivity index (χ1v) is 18.5. The molecule has 0 N–H and O–H groups in total. The molecule has 8 aromatic carbocycles. The van der Waals surface area contributed by atoms with E-state index >= 15 is 0 Å². The third-order valence-electron chi connectivity index (χ3n) is 10.2. The van der Waals surface area contributed by atoms with Crippen LogP contribution in [0.3, 0.4) is 0 Å². The molecular weight excluding hydrogens is 669 g/mol. The van der Waals surface area contributed by atoms with Gasteiger partial charge in [-0.2, -0.15) is 0 Å². The van der Waals surface area contributed by atoms with Crippen LogP contribution in [-0.2, 0) is 0 Å². The third-order valence-corrected chi connectivity index (χ3v) is 10.2. The maximum atomic E-state index is 5.29. The van der Waals surface area contributed by atoms with Crippen molar-refractivity contribution in [2.75, 3.05) is 0 Å². The van der Waals surface area contributed by atoms with E-state index < -0.39 is 0 Å². The Bertz CT molecular complexity index is 2840. The molecule has 10 rings (SSSR count). The van der Waals surface area contributed by atoms with E-state index in [0.29, 0.717) is 17.5 Å². The van der Waals surface area contributed by atoms with Gasteiger partial charge in [0.05, 0.1) is 16.7 Å². The molecule has 2 heterocycles. The Morgan fingerprint density at radius 2 is 0.673 bits per heavy atom. The highest BCUT2D eigenvalue weighted by atomic mass is 15.0. The van der Waals surface area contributed by atoms with Crippen molar-refractivity contribution in [2.45, 2.75) is 0 Å². The van der Waals surface area contributed by atoms with Crippen LogP contribution in [0.25, 0.3) is 95.0 Å². The molecule has 0 aliphatic rings. The fraction of sp³-hybridized carbons (Fsp3) is 0. The predicted octanol–water partition coefficient (Wildman–Crippen LogP) is 13.0. The van der Waals surface area contributed by atoms with E-state index in [1.807, 2.05) is 30.3 Å². The van der Waals surface area contributed by atoms with Crippen LogP contribution in [0, 0.1) is 0 Å². The molecule has 10 aromatic rings. The van der Waals surface area contributed by atoms with Crippen LogP contribution in [0.1, 0.15) is 0 Å². The van der Waals surface area contributed by atoms with Crippen molar-refractivity contribution in [3.05, 3.63) is 206 Å². The Morgan fingerprint density at radius 1 is 0.273 bits per heavy atom. The maximum Gasteiger partial charge on any atom is 0.164 e. The molecular formula is C51H34N4. The van der Waals surface area contributed by atoms with Gasteiger partial charge in [-0.05, 0) is 64.2 Å². The van der Waals surface area contributed by atoms with Crippen molar-refractivity contribution in [3.63, 3.8) is 0 Å². The molecule has 0 bridgehead atoms. The van der Waals surface area contributed by atoms with E-state index in [2.05, 4.69) is 180 Å². The van der Waals surface area contributed by atoms with Crippen molar-refractivity contribution >= 4 is 21.8 Å². The lowest BCUT2D eigenvalue weighted by Gasteiger charge is -2.16. The Hall–Kier alpha value is -7.43. The number of nitrogens with zero attached hydrogens (tertiary/aromatic N) is 4. The van der Waals surface area contributed by atoms with Crippen molar-refractivity contribution < 1.29 is 0 Å². The summed E-state index contributed by atoms with van der Waals surface area (Å²) in [7, 11) is 0. The van der Waals surface area contributed by atoms with Crippen molar-refractivity contribution in [2.24, 2.45) is 0 Å². The van der Waals surface area contributed by atoms with Crippen molar-refractivity contribution in [1.29, 1.82) is 0 Å². The third kappa shape index (κ3) is 6.06. The normalized spacial score (nSPS) is 11.3. The fourth-order valence-electron chi connectivity index (χ4n) is 7.60. The number of hydrogen-bond acceptors (Lipinski definition) is 3. The summed E-state index contributed by atoms with van der Waals surface area (Å²) < 4.78 is 2.38. The van der Waals surface area contributed by atoms with Crippen LogP contribution in [0.4, 0.5) is 0 Å². The molecule has 55 heavy (non-hydrogen) atoms. The summed E-state index contributed by atoms with van der Waals surface area (Å²) in [5.41, 5.74) is 12.8. The Morgan fingerprint density at radius 3 is 1.20 bits per heavy atom. The van der Waals surface area contributed by atoms with Crippen molar-refractivity contribution in [1.82, 2.24) is 19.5 Å². The molecule has 0 atom stereocenters. The lowest BCUT2D eigenvalue weighted by atomic mass is 9.96. The Balaban J connectivity index is 1.22. The highest BCUT2D eigenvalue weighted by molar-refractivity contribution is 6.09. The quantitative estimate of drug-likeness (QED) is 0.166. The summed E-state index contributed by atoms with van der Waals surface area (Å²) in [5, 5.41) is 2.42. The van der Waals surface area contributed by atoms with Gasteiger partial charge < -0.3 is 4.57 Å². The topological polar surface area (TPSA) is 43.6 Å². The molecule has 0 unspecified atom stereocenters. The lowest BCUT2D eigenvalue weighted by Crippen LogP contribution is -2.02. The first kappa shape index (κ1) is 32.2. The first-order chi connectivity index (χ1) is 27.3. The average Bonchev–Trinajstić information content (AvgIpc) is 3.61. The SMILES string of the molecule is c1ccc(-c2cc(-c3ccccc3)cc(-c3nc(-c4ccccc4)nc(-c4ccc(-c5ccccc5)c(-n5c6ccccc6c6ccccc65)c4)n3)c2)cc1. The summed E-state index contributed by atoms with van der Waals surface area (Å²) >= 11 is 0. The second-order valence-corrected chi connectivity index (χ2v) is 13.7. The molecule has 4 heteroatoms. The highest BCUT2D eigenvalue weighted by Gasteiger charge is 2.19. The van der Waals surface area contributed by atoms with Gasteiger partial charge in [0.2, 0.25) is 0 Å².